The SMILES string of the molecule is C.CC.CC.CC.Cc1c(O)c2c(c(N(C)C)c1Oc1ccccc1)C(=O)c1ccccc1C2=O. The lowest BCUT2D eigenvalue weighted by Crippen LogP contribution is -2.25. The number of anilines is 1. The van der Waals surface area contributed by atoms with Crippen molar-refractivity contribution in [3.8, 4) is 17.2 Å². The van der Waals surface area contributed by atoms with E-state index in [1.54, 1.807) is 62.3 Å². The summed E-state index contributed by atoms with van der Waals surface area (Å²) in [6.07, 6.45) is 0. The van der Waals surface area contributed by atoms with Gasteiger partial charge in [-0.1, -0.05) is 91.4 Å². The highest BCUT2D eigenvalue weighted by Gasteiger charge is 2.38. The number of aromatic hydroxyl groups is 1. The molecule has 35 heavy (non-hydrogen) atoms. The number of phenolic OH excluding ortho intramolecular Hbond substituents is 1. The number of hydrogen-bond donors (Lipinski definition) is 1. The largest absolute Gasteiger partial charge is 0.507 e. The Morgan fingerprint density at radius 2 is 1.14 bits per heavy atom. The molecule has 5 heteroatoms. The summed E-state index contributed by atoms with van der Waals surface area (Å²) >= 11 is 0. The van der Waals surface area contributed by atoms with Crippen molar-refractivity contribution in [2.45, 2.75) is 55.9 Å². The Hall–Kier alpha value is -3.60. The van der Waals surface area contributed by atoms with Crippen LogP contribution < -0.4 is 9.64 Å². The molecule has 190 valence electrons. The van der Waals surface area contributed by atoms with Gasteiger partial charge in [0.15, 0.2) is 17.3 Å². The van der Waals surface area contributed by atoms with Crippen molar-refractivity contribution in [3.63, 3.8) is 0 Å². The minimum absolute atomic E-state index is 0. The molecule has 0 amide bonds. The summed E-state index contributed by atoms with van der Waals surface area (Å²) in [5.74, 6) is 0.0395. The monoisotopic (exact) mass is 479 g/mol. The molecule has 0 spiro atoms. The van der Waals surface area contributed by atoms with E-state index in [4.69, 9.17) is 4.74 Å². The molecule has 4 rings (SSSR count). The summed E-state index contributed by atoms with van der Waals surface area (Å²) in [5.41, 5.74) is 1.72. The van der Waals surface area contributed by atoms with Crippen LogP contribution in [0.5, 0.6) is 17.2 Å². The molecule has 0 saturated heterocycles. The van der Waals surface area contributed by atoms with E-state index in [-0.39, 0.29) is 35.9 Å². The number of benzene rings is 3. The van der Waals surface area contributed by atoms with E-state index in [0.29, 0.717) is 33.9 Å². The number of phenols is 1. The number of nitrogens with zero attached hydrogens (tertiary/aromatic N) is 1. The number of fused-ring (bicyclic) bond motifs is 2. The Morgan fingerprint density at radius 1 is 0.714 bits per heavy atom. The van der Waals surface area contributed by atoms with Crippen LogP contribution in [0.15, 0.2) is 54.6 Å². The van der Waals surface area contributed by atoms with E-state index in [1.807, 2.05) is 59.7 Å². The molecule has 0 radical (unpaired) electrons. The predicted molar refractivity (Wildman–Crippen MR) is 148 cm³/mol. The van der Waals surface area contributed by atoms with Gasteiger partial charge in [-0.15, -0.1) is 0 Å². The average molecular weight is 480 g/mol. The molecule has 1 aliphatic rings. The summed E-state index contributed by atoms with van der Waals surface area (Å²) in [7, 11) is 3.56. The van der Waals surface area contributed by atoms with Crippen LogP contribution in [0.1, 0.15) is 86.4 Å². The van der Waals surface area contributed by atoms with Crippen LogP contribution in [0.2, 0.25) is 0 Å². The van der Waals surface area contributed by atoms with Crippen molar-refractivity contribution in [3.05, 3.63) is 82.4 Å². The second-order valence-electron chi connectivity index (χ2n) is 6.91. The Bertz CT molecular complexity index is 1120. The second-order valence-corrected chi connectivity index (χ2v) is 6.91. The van der Waals surface area contributed by atoms with Gasteiger partial charge in [-0.25, -0.2) is 0 Å². The molecular weight excluding hydrogens is 438 g/mol. The second kappa shape index (κ2) is 14.6. The van der Waals surface area contributed by atoms with Gasteiger partial charge in [0, 0.05) is 30.8 Å². The minimum atomic E-state index is -0.361. The molecule has 0 fully saturated rings. The first-order valence-electron chi connectivity index (χ1n) is 11.9. The zero-order valence-corrected chi connectivity index (χ0v) is 21.8. The van der Waals surface area contributed by atoms with Gasteiger partial charge in [-0.2, -0.15) is 0 Å². The summed E-state index contributed by atoms with van der Waals surface area (Å²) < 4.78 is 6.05. The molecule has 0 aromatic heterocycles. The van der Waals surface area contributed by atoms with Crippen LogP contribution in [-0.4, -0.2) is 30.8 Å². The fourth-order valence-corrected chi connectivity index (χ4v) is 3.57. The first-order chi connectivity index (χ1) is 16.4. The molecule has 1 N–H and O–H groups in total. The van der Waals surface area contributed by atoms with E-state index in [2.05, 4.69) is 0 Å². The lowest BCUT2D eigenvalue weighted by atomic mass is 9.81. The third kappa shape index (κ3) is 6.10. The molecule has 0 aliphatic heterocycles. The molecule has 1 aliphatic carbocycles. The fraction of sp³-hybridized carbons (Fsp3) is 0.333. The molecule has 5 nitrogen and oxygen atoms in total. The number of para-hydroxylation sites is 1. The van der Waals surface area contributed by atoms with Crippen LogP contribution in [0.3, 0.4) is 0 Å². The van der Waals surface area contributed by atoms with Crippen LogP contribution in [0.4, 0.5) is 5.69 Å². The van der Waals surface area contributed by atoms with Crippen molar-refractivity contribution in [2.24, 2.45) is 0 Å². The van der Waals surface area contributed by atoms with Gasteiger partial charge in [0.1, 0.15) is 11.5 Å². The Morgan fingerprint density at radius 3 is 1.60 bits per heavy atom. The maximum absolute atomic E-state index is 13.3. The van der Waals surface area contributed by atoms with E-state index >= 15 is 0 Å². The van der Waals surface area contributed by atoms with E-state index < -0.39 is 0 Å². The number of ketones is 2. The van der Waals surface area contributed by atoms with E-state index in [0.717, 1.165) is 0 Å². The summed E-state index contributed by atoms with van der Waals surface area (Å²) in [4.78, 5) is 28.1. The number of carbonyl (C=O) groups excluding carboxylic acids is 2. The number of carbonyl (C=O) groups is 2. The molecule has 3 aromatic carbocycles. The fourth-order valence-electron chi connectivity index (χ4n) is 3.57. The molecule has 0 atom stereocenters. The van der Waals surface area contributed by atoms with Gasteiger partial charge in [0.25, 0.3) is 0 Å². The first kappa shape index (κ1) is 31.4. The van der Waals surface area contributed by atoms with Crippen molar-refractivity contribution in [2.75, 3.05) is 19.0 Å². The predicted octanol–water partition coefficient (Wildman–Crippen LogP) is 8.05. The highest BCUT2D eigenvalue weighted by Crippen LogP contribution is 2.48. The lowest BCUT2D eigenvalue weighted by molar-refractivity contribution is 0.0976. The summed E-state index contributed by atoms with van der Waals surface area (Å²) in [6, 6.07) is 15.8. The van der Waals surface area contributed by atoms with Crippen LogP contribution in [-0.2, 0) is 0 Å². The molecule has 3 aromatic rings. The highest BCUT2D eigenvalue weighted by molar-refractivity contribution is 6.31. The normalized spacial score (nSPS) is 10.4. The maximum Gasteiger partial charge on any atom is 0.198 e. The molecule has 0 saturated carbocycles. The van der Waals surface area contributed by atoms with E-state index in [9.17, 15) is 14.7 Å². The molecule has 0 bridgehead atoms. The van der Waals surface area contributed by atoms with Crippen molar-refractivity contribution in [1.82, 2.24) is 0 Å². The van der Waals surface area contributed by atoms with Crippen LogP contribution >= 0.6 is 0 Å². The van der Waals surface area contributed by atoms with Gasteiger partial charge < -0.3 is 14.7 Å². The molecule has 0 unspecified atom stereocenters. The molecular formula is C30H41NO4. The van der Waals surface area contributed by atoms with Gasteiger partial charge in [-0.05, 0) is 19.1 Å². The standard InChI is InChI=1S/C23H19NO4.3C2H6.CH4/c1-13-20(25)18-17(21(26)15-11-7-8-12-16(15)22(18)27)19(24(2)3)23(13)28-14-9-5-4-6-10-14;3*1-2;/h4-12,25H,1-3H3;3*1-2H3;1H4. The smallest absolute Gasteiger partial charge is 0.198 e. The summed E-state index contributed by atoms with van der Waals surface area (Å²) in [5, 5.41) is 10.9. The maximum atomic E-state index is 13.3. The minimum Gasteiger partial charge on any atom is -0.507 e. The van der Waals surface area contributed by atoms with Gasteiger partial charge in [-0.3, -0.25) is 9.59 Å². The van der Waals surface area contributed by atoms with Crippen molar-refractivity contribution in [1.29, 1.82) is 0 Å². The van der Waals surface area contributed by atoms with E-state index in [1.165, 1.54) is 0 Å². The number of hydrogen-bond acceptors (Lipinski definition) is 5. The molecule has 0 heterocycles. The highest BCUT2D eigenvalue weighted by atomic mass is 16.5. The zero-order chi connectivity index (χ0) is 26.0. The first-order valence-corrected chi connectivity index (χ1v) is 11.9. The Kier molecular flexibility index (Phi) is 13.1. The van der Waals surface area contributed by atoms with Crippen LogP contribution in [0.25, 0.3) is 0 Å². The Balaban J connectivity index is 0.00000154. The third-order valence-corrected chi connectivity index (χ3v) is 4.92. The average Bonchev–Trinajstić information content (AvgIpc) is 2.89. The zero-order valence-electron chi connectivity index (χ0n) is 21.8. The Labute approximate surface area is 211 Å². The quantitative estimate of drug-likeness (QED) is 0.322. The lowest BCUT2D eigenvalue weighted by Gasteiger charge is -2.28. The van der Waals surface area contributed by atoms with Gasteiger partial charge >= 0.3 is 0 Å². The van der Waals surface area contributed by atoms with Crippen LogP contribution in [0, 0.1) is 6.92 Å². The number of rotatable bonds is 3. The topological polar surface area (TPSA) is 66.8 Å². The number of ether oxygens (including phenoxy) is 1. The van der Waals surface area contributed by atoms with Crippen molar-refractivity contribution >= 4 is 17.3 Å². The third-order valence-electron chi connectivity index (χ3n) is 4.92. The van der Waals surface area contributed by atoms with Gasteiger partial charge in [0.05, 0.1) is 16.8 Å². The van der Waals surface area contributed by atoms with Gasteiger partial charge in [0.2, 0.25) is 0 Å². The van der Waals surface area contributed by atoms with Crippen molar-refractivity contribution < 1.29 is 19.4 Å². The summed E-state index contributed by atoms with van der Waals surface area (Å²) in [6.45, 7) is 13.7.